The van der Waals surface area contributed by atoms with E-state index in [9.17, 15) is 4.79 Å². The first-order chi connectivity index (χ1) is 12.7. The Morgan fingerprint density at radius 1 is 1.35 bits per heavy atom. The van der Waals surface area contributed by atoms with Gasteiger partial charge >= 0.3 is 0 Å². The van der Waals surface area contributed by atoms with E-state index in [-0.39, 0.29) is 11.9 Å². The molecule has 0 radical (unpaired) electrons. The summed E-state index contributed by atoms with van der Waals surface area (Å²) in [6.45, 7) is 4.50. The Hall–Kier alpha value is -2.67. The first-order valence-electron chi connectivity index (χ1n) is 9.11. The van der Waals surface area contributed by atoms with Crippen molar-refractivity contribution in [3.05, 3.63) is 42.9 Å². The number of furan rings is 1. The Labute approximate surface area is 151 Å². The molecule has 0 unspecified atom stereocenters. The quantitative estimate of drug-likeness (QED) is 0.783. The van der Waals surface area contributed by atoms with Gasteiger partial charge in [-0.3, -0.25) is 9.69 Å². The average Bonchev–Trinajstić information content (AvgIpc) is 3.33. The molecule has 0 spiro atoms. The molecule has 6 rings (SSSR count). The fraction of sp³-hybridized carbons (Fsp3) is 0.421. The van der Waals surface area contributed by atoms with Crippen LogP contribution in [0.4, 0.5) is 0 Å². The highest BCUT2D eigenvalue weighted by Gasteiger charge is 2.40. The molecule has 134 valence electrons. The van der Waals surface area contributed by atoms with Crippen LogP contribution in [0.25, 0.3) is 16.7 Å². The van der Waals surface area contributed by atoms with Crippen LogP contribution in [-0.4, -0.2) is 50.5 Å². The molecule has 3 aromatic rings. The lowest BCUT2D eigenvalue weighted by atomic mass is 9.79. The number of hydrogen-bond donors (Lipinski definition) is 1. The fourth-order valence-corrected chi connectivity index (χ4v) is 4.42. The predicted octanol–water partition coefficient (Wildman–Crippen LogP) is 2.23. The third kappa shape index (κ3) is 2.42. The number of rotatable bonds is 3. The highest BCUT2D eigenvalue weighted by atomic mass is 16.3. The van der Waals surface area contributed by atoms with Crippen LogP contribution in [0.3, 0.4) is 0 Å². The molecule has 3 fully saturated rings. The minimum absolute atomic E-state index is 0.115. The molecule has 0 aromatic carbocycles. The summed E-state index contributed by atoms with van der Waals surface area (Å²) in [6, 6.07) is 2.38. The standard InChI is InChI=1S/C19H21N5O2/c1-12-18(13-2-5-23(12)6-3-13)22-19(25)15-8-14-16(24-7-4-20-11-24)10-26-17(14)9-21-15/h4,7-13,18H,2-3,5-6H2,1H3,(H,22,25)/t12-,18-/m0/s1. The van der Waals surface area contributed by atoms with Crippen LogP contribution in [0.5, 0.6) is 0 Å². The molecule has 2 atom stereocenters. The monoisotopic (exact) mass is 351 g/mol. The highest BCUT2D eigenvalue weighted by Crippen LogP contribution is 2.32. The zero-order valence-corrected chi connectivity index (χ0v) is 14.6. The van der Waals surface area contributed by atoms with Crippen LogP contribution < -0.4 is 5.32 Å². The summed E-state index contributed by atoms with van der Waals surface area (Å²) in [5.41, 5.74) is 1.93. The maximum Gasteiger partial charge on any atom is 0.270 e. The molecule has 3 aliphatic heterocycles. The summed E-state index contributed by atoms with van der Waals surface area (Å²) < 4.78 is 7.43. The Kier molecular flexibility index (Phi) is 3.56. The van der Waals surface area contributed by atoms with Gasteiger partial charge in [0.05, 0.1) is 18.2 Å². The van der Waals surface area contributed by atoms with Gasteiger partial charge < -0.3 is 14.3 Å². The van der Waals surface area contributed by atoms with Crippen LogP contribution in [0.15, 0.2) is 41.7 Å². The van der Waals surface area contributed by atoms with Crippen LogP contribution in [-0.2, 0) is 0 Å². The minimum Gasteiger partial charge on any atom is -0.460 e. The summed E-state index contributed by atoms with van der Waals surface area (Å²) >= 11 is 0. The summed E-state index contributed by atoms with van der Waals surface area (Å²) in [4.78, 5) is 23.7. The van der Waals surface area contributed by atoms with Crippen LogP contribution in [0, 0.1) is 5.92 Å². The average molecular weight is 351 g/mol. The predicted molar refractivity (Wildman–Crippen MR) is 96.1 cm³/mol. The van der Waals surface area contributed by atoms with Gasteiger partial charge in [-0.05, 0) is 44.8 Å². The van der Waals surface area contributed by atoms with E-state index in [1.54, 1.807) is 31.1 Å². The number of carbonyl (C=O) groups is 1. The molecule has 26 heavy (non-hydrogen) atoms. The number of piperidine rings is 3. The molecule has 6 heterocycles. The lowest BCUT2D eigenvalue weighted by Gasteiger charge is -2.49. The van der Waals surface area contributed by atoms with Crippen molar-refractivity contribution in [2.75, 3.05) is 13.1 Å². The van der Waals surface area contributed by atoms with Crippen molar-refractivity contribution in [1.29, 1.82) is 0 Å². The normalized spacial score (nSPS) is 27.7. The molecule has 0 saturated carbocycles. The number of nitrogens with zero attached hydrogens (tertiary/aromatic N) is 4. The van der Waals surface area contributed by atoms with Crippen molar-refractivity contribution in [2.45, 2.75) is 31.8 Å². The highest BCUT2D eigenvalue weighted by molar-refractivity contribution is 5.97. The number of aromatic nitrogens is 3. The first kappa shape index (κ1) is 15.6. The molecular formula is C19H21N5O2. The van der Waals surface area contributed by atoms with E-state index in [0.29, 0.717) is 23.2 Å². The van der Waals surface area contributed by atoms with Crippen molar-refractivity contribution in [3.8, 4) is 5.69 Å². The van der Waals surface area contributed by atoms with E-state index < -0.39 is 0 Å². The number of amides is 1. The molecule has 3 aromatic heterocycles. The number of fused-ring (bicyclic) bond motifs is 4. The molecular weight excluding hydrogens is 330 g/mol. The molecule has 3 aliphatic rings. The zero-order valence-electron chi connectivity index (χ0n) is 14.6. The van der Waals surface area contributed by atoms with Crippen molar-refractivity contribution in [1.82, 2.24) is 24.8 Å². The third-order valence-corrected chi connectivity index (χ3v) is 5.93. The Balaban J connectivity index is 1.43. The first-order valence-corrected chi connectivity index (χ1v) is 9.11. The second-order valence-corrected chi connectivity index (χ2v) is 7.27. The van der Waals surface area contributed by atoms with Gasteiger partial charge in [-0.2, -0.15) is 0 Å². The van der Waals surface area contributed by atoms with Gasteiger partial charge in [0.25, 0.3) is 5.91 Å². The Bertz CT molecular complexity index is 938. The molecule has 1 amide bonds. The SMILES string of the molecule is C[C@H]1[C@H](NC(=O)c2cc3c(-n4ccnc4)coc3cn2)C2CCN1CC2. The van der Waals surface area contributed by atoms with E-state index in [1.165, 1.54) is 0 Å². The van der Waals surface area contributed by atoms with E-state index in [4.69, 9.17) is 4.42 Å². The van der Waals surface area contributed by atoms with E-state index in [1.807, 2.05) is 10.8 Å². The summed E-state index contributed by atoms with van der Waals surface area (Å²) in [5.74, 6) is 0.452. The summed E-state index contributed by atoms with van der Waals surface area (Å²) in [7, 11) is 0. The summed E-state index contributed by atoms with van der Waals surface area (Å²) in [5, 5.41) is 4.09. The molecule has 0 aliphatic carbocycles. The Morgan fingerprint density at radius 2 is 2.19 bits per heavy atom. The van der Waals surface area contributed by atoms with Gasteiger partial charge in [0.1, 0.15) is 12.0 Å². The lowest BCUT2D eigenvalue weighted by molar-refractivity contribution is 0.0216. The van der Waals surface area contributed by atoms with E-state index >= 15 is 0 Å². The number of hydrogen-bond acceptors (Lipinski definition) is 5. The molecule has 3 saturated heterocycles. The van der Waals surface area contributed by atoms with Crippen LogP contribution in [0.1, 0.15) is 30.3 Å². The second kappa shape index (κ2) is 5.95. The maximum absolute atomic E-state index is 12.9. The molecule has 7 heteroatoms. The zero-order chi connectivity index (χ0) is 17.7. The van der Waals surface area contributed by atoms with E-state index in [0.717, 1.165) is 37.0 Å². The smallest absolute Gasteiger partial charge is 0.270 e. The Morgan fingerprint density at radius 3 is 2.92 bits per heavy atom. The fourth-order valence-electron chi connectivity index (χ4n) is 4.42. The van der Waals surface area contributed by atoms with Crippen molar-refractivity contribution in [3.63, 3.8) is 0 Å². The minimum atomic E-state index is -0.115. The maximum atomic E-state index is 12.9. The molecule has 2 bridgehead atoms. The van der Waals surface area contributed by atoms with Gasteiger partial charge in [-0.1, -0.05) is 0 Å². The number of nitrogens with one attached hydrogen (secondary N) is 1. The second-order valence-electron chi connectivity index (χ2n) is 7.27. The van der Waals surface area contributed by atoms with Crippen molar-refractivity contribution in [2.24, 2.45) is 5.92 Å². The van der Waals surface area contributed by atoms with Crippen molar-refractivity contribution >= 4 is 16.9 Å². The van der Waals surface area contributed by atoms with Gasteiger partial charge in [0, 0.05) is 29.9 Å². The topological polar surface area (TPSA) is 76.2 Å². The molecule has 1 N–H and O–H groups in total. The third-order valence-electron chi connectivity index (χ3n) is 5.93. The van der Waals surface area contributed by atoms with Crippen molar-refractivity contribution < 1.29 is 9.21 Å². The lowest BCUT2D eigenvalue weighted by Crippen LogP contribution is -2.62. The largest absolute Gasteiger partial charge is 0.460 e. The van der Waals surface area contributed by atoms with E-state index in [2.05, 4.69) is 27.1 Å². The van der Waals surface area contributed by atoms with Gasteiger partial charge in [0.15, 0.2) is 5.58 Å². The number of imidazole rings is 1. The van der Waals surface area contributed by atoms with Gasteiger partial charge in [-0.25, -0.2) is 9.97 Å². The molecule has 7 nitrogen and oxygen atoms in total. The van der Waals surface area contributed by atoms with Gasteiger partial charge in [-0.15, -0.1) is 0 Å². The number of carbonyl (C=O) groups excluding carboxylic acids is 1. The number of pyridine rings is 1. The van der Waals surface area contributed by atoms with Crippen LogP contribution in [0.2, 0.25) is 0 Å². The van der Waals surface area contributed by atoms with Gasteiger partial charge in [0.2, 0.25) is 0 Å². The van der Waals surface area contributed by atoms with Crippen LogP contribution >= 0.6 is 0 Å². The summed E-state index contributed by atoms with van der Waals surface area (Å²) in [6.07, 6.45) is 10.9.